The SMILES string of the molecule is CCC(CC)(CO)CNc1ccc(O)cc1[N+](=O)[O-]. The number of nitro groups is 1. The Morgan fingerprint density at radius 2 is 2.00 bits per heavy atom. The van der Waals surface area contributed by atoms with E-state index < -0.39 is 4.92 Å². The molecule has 0 aliphatic heterocycles. The molecule has 0 saturated carbocycles. The third-order valence-electron chi connectivity index (χ3n) is 3.67. The van der Waals surface area contributed by atoms with Crippen LogP contribution in [0, 0.1) is 15.5 Å². The monoisotopic (exact) mass is 268 g/mol. The minimum Gasteiger partial charge on any atom is -0.508 e. The van der Waals surface area contributed by atoms with Gasteiger partial charge in [-0.25, -0.2) is 0 Å². The van der Waals surface area contributed by atoms with E-state index in [9.17, 15) is 20.3 Å². The molecule has 1 aromatic carbocycles. The molecule has 106 valence electrons. The molecule has 0 heterocycles. The highest BCUT2D eigenvalue weighted by molar-refractivity contribution is 5.63. The van der Waals surface area contributed by atoms with Crippen LogP contribution in [0.3, 0.4) is 0 Å². The maximum absolute atomic E-state index is 10.9. The van der Waals surface area contributed by atoms with Crippen LogP contribution in [0.4, 0.5) is 11.4 Å². The van der Waals surface area contributed by atoms with Crippen molar-refractivity contribution in [2.75, 3.05) is 18.5 Å². The molecule has 0 aliphatic rings. The molecule has 6 nitrogen and oxygen atoms in total. The number of aromatic hydroxyl groups is 1. The number of aliphatic hydroxyl groups excluding tert-OH is 1. The van der Waals surface area contributed by atoms with Crippen LogP contribution in [0.2, 0.25) is 0 Å². The summed E-state index contributed by atoms with van der Waals surface area (Å²) in [5.74, 6) is -0.142. The van der Waals surface area contributed by atoms with Gasteiger partial charge in [0.15, 0.2) is 0 Å². The summed E-state index contributed by atoms with van der Waals surface area (Å²) in [7, 11) is 0. The van der Waals surface area contributed by atoms with Gasteiger partial charge >= 0.3 is 0 Å². The van der Waals surface area contributed by atoms with Crippen molar-refractivity contribution in [3.63, 3.8) is 0 Å². The minimum atomic E-state index is -0.541. The van der Waals surface area contributed by atoms with Crippen LogP contribution in [-0.4, -0.2) is 28.3 Å². The van der Waals surface area contributed by atoms with Crippen molar-refractivity contribution < 1.29 is 15.1 Å². The van der Waals surface area contributed by atoms with Gasteiger partial charge in [0.2, 0.25) is 0 Å². The highest BCUT2D eigenvalue weighted by Crippen LogP contribution is 2.31. The van der Waals surface area contributed by atoms with Gasteiger partial charge < -0.3 is 15.5 Å². The van der Waals surface area contributed by atoms with E-state index in [0.29, 0.717) is 12.2 Å². The Bertz CT molecular complexity index is 436. The molecule has 0 spiro atoms. The third-order valence-corrected chi connectivity index (χ3v) is 3.67. The topological polar surface area (TPSA) is 95.6 Å². The first-order valence-corrected chi connectivity index (χ1v) is 6.30. The summed E-state index contributed by atoms with van der Waals surface area (Å²) < 4.78 is 0. The molecule has 0 radical (unpaired) electrons. The molecule has 0 atom stereocenters. The Hall–Kier alpha value is -1.82. The highest BCUT2D eigenvalue weighted by atomic mass is 16.6. The van der Waals surface area contributed by atoms with E-state index in [4.69, 9.17) is 0 Å². The Labute approximate surface area is 112 Å². The van der Waals surface area contributed by atoms with E-state index in [1.165, 1.54) is 12.1 Å². The van der Waals surface area contributed by atoms with Crippen LogP contribution in [0.15, 0.2) is 18.2 Å². The van der Waals surface area contributed by atoms with Crippen molar-refractivity contribution in [3.8, 4) is 5.75 Å². The molecule has 0 bridgehead atoms. The molecular formula is C13H20N2O4. The summed E-state index contributed by atoms with van der Waals surface area (Å²) >= 11 is 0. The first-order valence-electron chi connectivity index (χ1n) is 6.30. The molecule has 3 N–H and O–H groups in total. The van der Waals surface area contributed by atoms with Crippen LogP contribution in [0.5, 0.6) is 5.75 Å². The minimum absolute atomic E-state index is 0.0267. The standard InChI is InChI=1S/C13H20N2O4/c1-3-13(4-2,9-16)8-14-11-6-5-10(17)7-12(11)15(18)19/h5-7,14,16-17H,3-4,8-9H2,1-2H3. The molecule has 0 aromatic heterocycles. The molecule has 19 heavy (non-hydrogen) atoms. The summed E-state index contributed by atoms with van der Waals surface area (Å²) in [6.07, 6.45) is 1.55. The molecule has 0 unspecified atom stereocenters. The summed E-state index contributed by atoms with van der Waals surface area (Å²) in [4.78, 5) is 10.4. The van der Waals surface area contributed by atoms with Gasteiger partial charge in [-0.3, -0.25) is 10.1 Å². The summed E-state index contributed by atoms with van der Waals surface area (Å²) in [5, 5.41) is 32.7. The molecule has 0 aliphatic carbocycles. The second-order valence-electron chi connectivity index (χ2n) is 4.68. The van der Waals surface area contributed by atoms with Crippen LogP contribution in [-0.2, 0) is 0 Å². The molecule has 1 rings (SSSR count). The first-order chi connectivity index (χ1) is 8.98. The fourth-order valence-corrected chi connectivity index (χ4v) is 1.88. The molecule has 0 fully saturated rings. The van der Waals surface area contributed by atoms with Crippen LogP contribution in [0.25, 0.3) is 0 Å². The number of nitro benzene ring substituents is 1. The fourth-order valence-electron chi connectivity index (χ4n) is 1.88. The van der Waals surface area contributed by atoms with Crippen molar-refractivity contribution in [1.29, 1.82) is 0 Å². The maximum Gasteiger partial charge on any atom is 0.296 e. The zero-order chi connectivity index (χ0) is 14.5. The summed E-state index contributed by atoms with van der Waals surface area (Å²) in [6.45, 7) is 4.43. The zero-order valence-corrected chi connectivity index (χ0v) is 11.2. The van der Waals surface area contributed by atoms with Gasteiger partial charge in [-0.1, -0.05) is 13.8 Å². The first kappa shape index (κ1) is 15.2. The second kappa shape index (κ2) is 6.38. The lowest BCUT2D eigenvalue weighted by atomic mass is 9.83. The largest absolute Gasteiger partial charge is 0.508 e. The lowest BCUT2D eigenvalue weighted by Crippen LogP contribution is -2.32. The number of phenols is 1. The maximum atomic E-state index is 10.9. The van der Waals surface area contributed by atoms with E-state index in [0.717, 1.165) is 18.9 Å². The number of nitrogens with zero attached hydrogens (tertiary/aromatic N) is 1. The lowest BCUT2D eigenvalue weighted by molar-refractivity contribution is -0.384. The number of phenolic OH excluding ortho intramolecular Hbond substituents is 1. The van der Waals surface area contributed by atoms with E-state index in [1.807, 2.05) is 13.8 Å². The van der Waals surface area contributed by atoms with Gasteiger partial charge in [0.05, 0.1) is 17.6 Å². The van der Waals surface area contributed by atoms with Crippen molar-refractivity contribution in [2.24, 2.45) is 5.41 Å². The fraction of sp³-hybridized carbons (Fsp3) is 0.538. The van der Waals surface area contributed by atoms with E-state index in [1.54, 1.807) is 0 Å². The van der Waals surface area contributed by atoms with E-state index in [2.05, 4.69) is 5.32 Å². The van der Waals surface area contributed by atoms with Gasteiger partial charge in [-0.15, -0.1) is 0 Å². The Kier molecular flexibility index (Phi) is 5.11. The van der Waals surface area contributed by atoms with Gasteiger partial charge in [0.1, 0.15) is 11.4 Å². The Balaban J connectivity index is 2.91. The summed E-state index contributed by atoms with van der Waals surface area (Å²) in [6, 6.07) is 3.98. The molecule has 0 saturated heterocycles. The predicted molar refractivity (Wildman–Crippen MR) is 73.4 cm³/mol. The normalized spacial score (nSPS) is 11.3. The van der Waals surface area contributed by atoms with E-state index in [-0.39, 0.29) is 23.5 Å². The van der Waals surface area contributed by atoms with Crippen molar-refractivity contribution >= 4 is 11.4 Å². The number of aliphatic hydroxyl groups is 1. The number of anilines is 1. The molecule has 6 heteroatoms. The van der Waals surface area contributed by atoms with Crippen LogP contribution in [0.1, 0.15) is 26.7 Å². The van der Waals surface area contributed by atoms with Gasteiger partial charge in [0, 0.05) is 12.0 Å². The summed E-state index contributed by atoms with van der Waals surface area (Å²) in [5.41, 5.74) is -0.104. The van der Waals surface area contributed by atoms with Crippen LogP contribution < -0.4 is 5.32 Å². The quantitative estimate of drug-likeness (QED) is 0.401. The van der Waals surface area contributed by atoms with Crippen LogP contribution >= 0.6 is 0 Å². The van der Waals surface area contributed by atoms with Gasteiger partial charge in [-0.2, -0.15) is 0 Å². The Morgan fingerprint density at radius 1 is 1.37 bits per heavy atom. The average molecular weight is 268 g/mol. The predicted octanol–water partition coefficient (Wildman–Crippen LogP) is 2.51. The van der Waals surface area contributed by atoms with Crippen molar-refractivity contribution in [2.45, 2.75) is 26.7 Å². The zero-order valence-electron chi connectivity index (χ0n) is 11.2. The highest BCUT2D eigenvalue weighted by Gasteiger charge is 2.26. The average Bonchev–Trinajstić information content (AvgIpc) is 2.42. The Morgan fingerprint density at radius 3 is 2.47 bits per heavy atom. The smallest absolute Gasteiger partial charge is 0.296 e. The molecule has 0 amide bonds. The van der Waals surface area contributed by atoms with Crippen molar-refractivity contribution in [3.05, 3.63) is 28.3 Å². The number of hydrogen-bond acceptors (Lipinski definition) is 5. The van der Waals surface area contributed by atoms with Gasteiger partial charge in [-0.05, 0) is 25.0 Å². The second-order valence-corrected chi connectivity index (χ2v) is 4.68. The lowest BCUT2D eigenvalue weighted by Gasteiger charge is -2.29. The number of benzene rings is 1. The number of rotatable bonds is 7. The van der Waals surface area contributed by atoms with E-state index >= 15 is 0 Å². The molecule has 1 aromatic rings. The number of hydrogen-bond donors (Lipinski definition) is 3. The van der Waals surface area contributed by atoms with Crippen molar-refractivity contribution in [1.82, 2.24) is 0 Å². The van der Waals surface area contributed by atoms with Gasteiger partial charge in [0.25, 0.3) is 5.69 Å². The molecular weight excluding hydrogens is 248 g/mol. The number of nitrogens with one attached hydrogen (secondary N) is 1. The third kappa shape index (κ3) is 3.57.